The Hall–Kier alpha value is -9.14. The van der Waals surface area contributed by atoms with Crippen molar-refractivity contribution in [3.8, 4) is 67.8 Å². The quantitative estimate of drug-likeness (QED) is 0.152. The average Bonchev–Trinajstić information content (AvgIpc) is 1.73. The van der Waals surface area contributed by atoms with E-state index in [2.05, 4.69) is 52.0 Å². The summed E-state index contributed by atoms with van der Waals surface area (Å²) in [6.07, 6.45) is 2.30. The van der Waals surface area contributed by atoms with Gasteiger partial charge in [-0.1, -0.05) is 231 Å². The molecule has 0 N–H and O–H groups in total. The Morgan fingerprint density at radius 1 is 0.333 bits per heavy atom. The molecule has 3 radical (unpaired) electrons. The molecule has 0 fully saturated rings. The maximum Gasteiger partial charge on any atom is 2.00 e. The Morgan fingerprint density at radius 2 is 0.613 bits per heavy atom. The number of rotatable bonds is 6. The predicted octanol–water partition coefficient (Wildman–Crippen LogP) is 17.2. The van der Waals surface area contributed by atoms with E-state index in [9.17, 15) is 0 Å². The summed E-state index contributed by atoms with van der Waals surface area (Å²) >= 11 is 0. The average molecular weight is 1360 g/mol. The van der Waals surface area contributed by atoms with Crippen LogP contribution in [-0.4, -0.2) is 11.4 Å². The molecule has 15 rings (SSSR count). The van der Waals surface area contributed by atoms with Crippen molar-refractivity contribution in [3.05, 3.63) is 272 Å². The smallest absolute Gasteiger partial charge is 0.872 e. The molecule has 5 heterocycles. The molecule has 0 spiro atoms. The topological polar surface area (TPSA) is 145 Å². The van der Waals surface area contributed by atoms with E-state index in [-0.39, 0.29) is 74.2 Å². The van der Waals surface area contributed by atoms with E-state index < -0.39 is 0 Å². The molecule has 3 aliphatic rings. The second-order valence-electron chi connectivity index (χ2n) is 23.9. The van der Waals surface area contributed by atoms with E-state index in [0.29, 0.717) is 137 Å². The molecule has 0 aliphatic carbocycles. The van der Waals surface area contributed by atoms with Gasteiger partial charge >= 0.3 is 51.2 Å². The van der Waals surface area contributed by atoms with Crippen molar-refractivity contribution in [2.24, 2.45) is 9.98 Å². The van der Waals surface area contributed by atoms with Crippen LogP contribution >= 0.6 is 0 Å². The Morgan fingerprint density at radius 3 is 0.914 bits per heavy atom. The summed E-state index contributed by atoms with van der Waals surface area (Å²) in [6.45, 7) is 16.6. The van der Waals surface area contributed by atoms with Gasteiger partial charge in [-0.05, 0) is 210 Å². The van der Waals surface area contributed by atoms with Crippen LogP contribution in [0.25, 0.3) is 99.0 Å². The third kappa shape index (κ3) is 9.82. The summed E-state index contributed by atoms with van der Waals surface area (Å²) in [4.78, 5) is 22.6. The minimum absolute atomic E-state index is 0. The molecule has 0 unspecified atom stereocenters. The van der Waals surface area contributed by atoms with Crippen LogP contribution in [0.1, 0.15) is 110 Å². The van der Waals surface area contributed by atoms with Gasteiger partial charge in [0.15, 0.2) is 0 Å². The van der Waals surface area contributed by atoms with Crippen LogP contribution in [0, 0.1) is 13.8 Å². The molecule has 16 bridgehead atoms. The first-order chi connectivity index (χ1) is 43.8. The molecule has 10 aromatic carbocycles. The van der Waals surface area contributed by atoms with E-state index in [1.807, 2.05) is 185 Å². The van der Waals surface area contributed by atoms with Crippen LogP contribution < -0.4 is 30.4 Å². The molecule has 2 aromatic heterocycles. The number of aliphatic imine (C=N–C) groups is 2. The van der Waals surface area contributed by atoms with Crippen molar-refractivity contribution in [2.75, 3.05) is 0 Å². The number of nitrogens with zero attached hydrogens (tertiary/aromatic N) is 4. The molecule has 467 valence electrons. The SMILES string of the molecule is CCC1=C(C)C2=NC1=C(c1ccccc1)c1[n-]c(c(C)c1CC)-c1cc3ccccc3c(c1[O-])-c1c([O-])c(cc3ccccc13)C1=NC(=C(c3ccccc3)c3[n-]c(c(C)c3CC)-c3cc4ccccc4c(c3[O-])-c3c([O-])c2cc2ccccc32)C(CC)=C1C.[Cu+2].[Cu+2].[Cu+2]. The first kappa shape index (κ1) is 64.0. The molecule has 11 heteroatoms. The largest absolute Gasteiger partial charge is 2.00 e. The van der Waals surface area contributed by atoms with Gasteiger partial charge in [0.05, 0.1) is 22.8 Å². The summed E-state index contributed by atoms with van der Waals surface area (Å²) in [5.74, 6) is -1.22. The van der Waals surface area contributed by atoms with E-state index >= 15 is 20.4 Å². The number of hydrogen-bond acceptors (Lipinski definition) is 6. The zero-order valence-electron chi connectivity index (χ0n) is 52.5. The van der Waals surface area contributed by atoms with Crippen LogP contribution in [-0.2, 0) is 64.0 Å². The van der Waals surface area contributed by atoms with Gasteiger partial charge in [-0.15, -0.1) is 22.8 Å². The zero-order chi connectivity index (χ0) is 62.0. The molecule has 0 atom stereocenters. The van der Waals surface area contributed by atoms with Crippen molar-refractivity contribution in [1.82, 2.24) is 9.97 Å². The van der Waals surface area contributed by atoms with Crippen molar-refractivity contribution in [2.45, 2.75) is 81.1 Å². The molecule has 93 heavy (non-hydrogen) atoms. The molecular weight excluding hydrogens is 1300 g/mol. The molecule has 0 saturated heterocycles. The molecule has 0 saturated carbocycles. The predicted molar refractivity (Wildman–Crippen MR) is 361 cm³/mol. The van der Waals surface area contributed by atoms with Gasteiger partial charge in [-0.2, -0.15) is 0 Å². The summed E-state index contributed by atoms with van der Waals surface area (Å²) in [6, 6.07) is 59.3. The van der Waals surface area contributed by atoms with Crippen molar-refractivity contribution < 1.29 is 71.6 Å². The Kier molecular flexibility index (Phi) is 17.2. The summed E-state index contributed by atoms with van der Waals surface area (Å²) in [5.41, 5.74) is 18.0. The number of benzene rings is 10. The fourth-order valence-electron chi connectivity index (χ4n) is 14.9. The van der Waals surface area contributed by atoms with E-state index in [0.717, 1.165) is 88.4 Å². The standard InChI is InChI=1S/C82H66N4O4.3Cu/c1-9-53-43(5)71-61-39-49-31-19-23-35-57(49)67(79(61)87)68-58-36-24-20-33-51(58)41-63(81(68)89)73-45(7)55(11-3)77(85-73)66(48-29-17-14-18-30-48)78-56(12-4)46(8)74(86-78)64-42-52-34-22-26-38-60(52)70(82(64)90)69-59-37-25-21-32-50(59)40-62(80(69)88)72-44(6)54(10-2)76(84-72)65(75(53)83-71)47-27-15-13-16-28-47;;;/h13-42H,9-12H2,1-8H3,(H4-2,83,84,85,86,87,88,89,90);;;/q-2;3*+2/p-4. The Bertz CT molecular complexity index is 4980. The number of aromatic nitrogens is 2. The van der Waals surface area contributed by atoms with Gasteiger partial charge in [0, 0.05) is 0 Å². The monoisotopic (exact) mass is 1360 g/mol. The summed E-state index contributed by atoms with van der Waals surface area (Å²) in [7, 11) is 0. The van der Waals surface area contributed by atoms with E-state index in [1.54, 1.807) is 0 Å². The van der Waals surface area contributed by atoms with E-state index in [1.165, 1.54) is 0 Å². The zero-order valence-corrected chi connectivity index (χ0v) is 55.3. The summed E-state index contributed by atoms with van der Waals surface area (Å²) < 4.78 is 0. The molecule has 3 aliphatic heterocycles. The fourth-order valence-corrected chi connectivity index (χ4v) is 14.9. The molecule has 12 aromatic rings. The van der Waals surface area contributed by atoms with Crippen LogP contribution in [0.3, 0.4) is 0 Å². The second-order valence-corrected chi connectivity index (χ2v) is 23.9. The van der Waals surface area contributed by atoms with E-state index in [4.69, 9.17) is 20.0 Å². The maximum atomic E-state index is 16.3. The minimum atomic E-state index is -0.305. The van der Waals surface area contributed by atoms with Crippen molar-refractivity contribution >= 4 is 65.7 Å². The van der Waals surface area contributed by atoms with Crippen molar-refractivity contribution in [1.29, 1.82) is 0 Å². The van der Waals surface area contributed by atoms with Gasteiger partial charge in [0.1, 0.15) is 0 Å². The first-order valence-electron chi connectivity index (χ1n) is 31.3. The van der Waals surface area contributed by atoms with Crippen molar-refractivity contribution in [3.63, 3.8) is 0 Å². The van der Waals surface area contributed by atoms with Gasteiger partial charge < -0.3 is 30.4 Å². The number of fused-ring (bicyclic) bond motifs is 28. The Labute approximate surface area is 573 Å². The number of allylic oxidation sites excluding steroid dienone is 4. The van der Waals surface area contributed by atoms with Crippen LogP contribution in [0.2, 0.25) is 0 Å². The summed E-state index contributed by atoms with van der Waals surface area (Å²) in [5, 5.41) is 71.1. The van der Waals surface area contributed by atoms with Gasteiger partial charge in [0.2, 0.25) is 0 Å². The fraction of sp³-hybridized carbons (Fsp3) is 0.146. The third-order valence-electron chi connectivity index (χ3n) is 19.3. The third-order valence-corrected chi connectivity index (χ3v) is 19.3. The van der Waals surface area contributed by atoms with Crippen LogP contribution in [0.15, 0.2) is 226 Å². The normalized spacial score (nSPS) is 13.6. The molecular formula is C82H62Cu3N4O4. The van der Waals surface area contributed by atoms with Crippen LogP contribution in [0.4, 0.5) is 0 Å². The maximum absolute atomic E-state index is 16.3. The molecule has 0 amide bonds. The van der Waals surface area contributed by atoms with Gasteiger partial charge in [-0.25, -0.2) is 9.98 Å². The van der Waals surface area contributed by atoms with Gasteiger partial charge in [0.25, 0.3) is 0 Å². The molecule has 8 nitrogen and oxygen atoms in total. The Balaban J connectivity index is 0.00000277. The second kappa shape index (κ2) is 25.1. The minimum Gasteiger partial charge on any atom is -0.872 e. The number of hydrogen-bond donors (Lipinski definition) is 0. The first-order valence-corrected chi connectivity index (χ1v) is 31.3. The van der Waals surface area contributed by atoms with Crippen LogP contribution in [0.5, 0.6) is 23.0 Å². The van der Waals surface area contributed by atoms with Gasteiger partial charge in [-0.3, -0.25) is 0 Å².